The Morgan fingerprint density at radius 2 is 2.10 bits per heavy atom. The highest BCUT2D eigenvalue weighted by molar-refractivity contribution is 6.07. The third kappa shape index (κ3) is 3.18. The maximum atomic E-state index is 12.4. The average molecular weight is 297 g/mol. The van der Waals surface area contributed by atoms with E-state index in [0.717, 1.165) is 25.7 Å². The highest BCUT2D eigenvalue weighted by Crippen LogP contribution is 2.34. The Kier molecular flexibility index (Phi) is 4.82. The van der Waals surface area contributed by atoms with Crippen LogP contribution in [0.3, 0.4) is 0 Å². The van der Waals surface area contributed by atoms with E-state index in [-0.39, 0.29) is 17.8 Å². The molecule has 1 saturated heterocycles. The molecule has 0 bridgehead atoms. The van der Waals surface area contributed by atoms with Gasteiger partial charge in [-0.1, -0.05) is 12.8 Å². The van der Waals surface area contributed by atoms with Gasteiger partial charge in [-0.25, -0.2) is 4.79 Å². The van der Waals surface area contributed by atoms with Gasteiger partial charge in [0.2, 0.25) is 5.91 Å². The van der Waals surface area contributed by atoms with Gasteiger partial charge in [-0.3, -0.25) is 14.5 Å². The van der Waals surface area contributed by atoms with Crippen LogP contribution in [0.25, 0.3) is 0 Å². The van der Waals surface area contributed by atoms with Crippen molar-refractivity contribution in [1.82, 2.24) is 15.5 Å². The molecule has 118 valence electrons. The molecule has 1 heterocycles. The number of carbonyl (C=O) groups is 3. The molecule has 1 aliphatic carbocycles. The van der Waals surface area contributed by atoms with E-state index in [1.54, 1.807) is 6.92 Å². The van der Waals surface area contributed by atoms with Crippen molar-refractivity contribution in [2.24, 2.45) is 0 Å². The van der Waals surface area contributed by atoms with Crippen LogP contribution in [0.15, 0.2) is 0 Å². The molecule has 0 aromatic carbocycles. The van der Waals surface area contributed by atoms with Crippen molar-refractivity contribution in [3.05, 3.63) is 0 Å². The molecule has 1 atom stereocenters. The predicted octanol–water partition coefficient (Wildman–Crippen LogP) is 0.392. The van der Waals surface area contributed by atoms with Crippen LogP contribution in [0, 0.1) is 0 Å². The van der Waals surface area contributed by atoms with Crippen LogP contribution in [0.4, 0.5) is 4.79 Å². The molecule has 2 N–H and O–H groups in total. The Morgan fingerprint density at radius 3 is 2.71 bits per heavy atom. The molecule has 0 aromatic rings. The molecule has 4 amide bonds. The van der Waals surface area contributed by atoms with Crippen molar-refractivity contribution in [3.8, 4) is 0 Å². The van der Waals surface area contributed by atoms with Crippen molar-refractivity contribution in [1.29, 1.82) is 0 Å². The summed E-state index contributed by atoms with van der Waals surface area (Å²) in [6, 6.07) is -0.307. The van der Waals surface area contributed by atoms with Crippen molar-refractivity contribution >= 4 is 17.8 Å². The van der Waals surface area contributed by atoms with Crippen LogP contribution >= 0.6 is 0 Å². The zero-order valence-electron chi connectivity index (χ0n) is 12.6. The number of nitrogens with zero attached hydrogens (tertiary/aromatic N) is 1. The SMILES string of the molecule is CO[C@H](C)C(=O)NCCCN1C(=O)NC2(CCCC2)C1=O. The molecule has 1 saturated carbocycles. The van der Waals surface area contributed by atoms with E-state index in [9.17, 15) is 14.4 Å². The fourth-order valence-electron chi connectivity index (χ4n) is 2.90. The predicted molar refractivity (Wildman–Crippen MR) is 75.5 cm³/mol. The van der Waals surface area contributed by atoms with Crippen LogP contribution in [0.2, 0.25) is 0 Å². The van der Waals surface area contributed by atoms with Crippen molar-refractivity contribution in [2.45, 2.75) is 50.7 Å². The second-order valence-electron chi connectivity index (χ2n) is 5.70. The van der Waals surface area contributed by atoms with Gasteiger partial charge in [0.1, 0.15) is 11.6 Å². The first-order chi connectivity index (χ1) is 10.00. The van der Waals surface area contributed by atoms with E-state index in [1.165, 1.54) is 12.0 Å². The van der Waals surface area contributed by atoms with Crippen LogP contribution in [0.5, 0.6) is 0 Å². The van der Waals surface area contributed by atoms with Gasteiger partial charge in [-0.2, -0.15) is 0 Å². The average Bonchev–Trinajstić information content (AvgIpc) is 3.02. The molecule has 2 rings (SSSR count). The first-order valence-electron chi connectivity index (χ1n) is 7.45. The summed E-state index contributed by atoms with van der Waals surface area (Å²) in [6.45, 7) is 2.40. The van der Waals surface area contributed by atoms with Gasteiger partial charge in [0.25, 0.3) is 5.91 Å². The highest BCUT2D eigenvalue weighted by atomic mass is 16.5. The van der Waals surface area contributed by atoms with Crippen LogP contribution in [-0.2, 0) is 14.3 Å². The zero-order valence-corrected chi connectivity index (χ0v) is 12.6. The number of carbonyl (C=O) groups excluding carboxylic acids is 3. The zero-order chi connectivity index (χ0) is 15.5. The lowest BCUT2D eigenvalue weighted by Crippen LogP contribution is -2.44. The minimum atomic E-state index is -0.648. The third-order valence-electron chi connectivity index (χ3n) is 4.28. The number of urea groups is 1. The first kappa shape index (κ1) is 15.8. The standard InChI is InChI=1S/C14H23N3O4/c1-10(21-2)11(18)15-8-5-9-17-12(19)14(16-13(17)20)6-3-4-7-14/h10H,3-9H2,1-2H3,(H,15,18)(H,16,20)/t10-/m1/s1. The number of ether oxygens (including phenoxy) is 1. The summed E-state index contributed by atoms with van der Waals surface area (Å²) in [5, 5.41) is 5.55. The van der Waals surface area contributed by atoms with E-state index in [4.69, 9.17) is 4.74 Å². The lowest BCUT2D eigenvalue weighted by molar-refractivity contribution is -0.131. The van der Waals surface area contributed by atoms with Crippen LogP contribution in [-0.4, -0.2) is 54.6 Å². The van der Waals surface area contributed by atoms with E-state index >= 15 is 0 Å². The fourth-order valence-corrected chi connectivity index (χ4v) is 2.90. The fraction of sp³-hybridized carbons (Fsp3) is 0.786. The molecule has 7 nitrogen and oxygen atoms in total. The van der Waals surface area contributed by atoms with Gasteiger partial charge >= 0.3 is 6.03 Å². The monoisotopic (exact) mass is 297 g/mol. The molecular weight excluding hydrogens is 274 g/mol. The van der Waals surface area contributed by atoms with Gasteiger partial charge < -0.3 is 15.4 Å². The maximum Gasteiger partial charge on any atom is 0.325 e. The number of imide groups is 1. The summed E-state index contributed by atoms with van der Waals surface area (Å²) in [7, 11) is 1.47. The summed E-state index contributed by atoms with van der Waals surface area (Å²) in [5.41, 5.74) is -0.648. The van der Waals surface area contributed by atoms with Gasteiger partial charge in [-0.15, -0.1) is 0 Å². The Hall–Kier alpha value is -1.63. The van der Waals surface area contributed by atoms with Crippen molar-refractivity contribution < 1.29 is 19.1 Å². The number of amides is 4. The van der Waals surface area contributed by atoms with Crippen LogP contribution < -0.4 is 10.6 Å². The molecule has 0 unspecified atom stereocenters. The largest absolute Gasteiger partial charge is 0.372 e. The second kappa shape index (κ2) is 6.43. The summed E-state index contributed by atoms with van der Waals surface area (Å²) in [4.78, 5) is 37.1. The Balaban J connectivity index is 1.77. The van der Waals surface area contributed by atoms with E-state index in [1.807, 2.05) is 0 Å². The number of nitrogens with one attached hydrogen (secondary N) is 2. The Morgan fingerprint density at radius 1 is 1.43 bits per heavy atom. The Bertz CT molecular complexity index is 432. The lowest BCUT2D eigenvalue weighted by atomic mass is 9.98. The van der Waals surface area contributed by atoms with E-state index in [2.05, 4.69) is 10.6 Å². The minimum absolute atomic E-state index is 0.110. The van der Waals surface area contributed by atoms with Crippen LogP contribution in [0.1, 0.15) is 39.0 Å². The van der Waals surface area contributed by atoms with Gasteiger partial charge in [-0.05, 0) is 26.2 Å². The molecule has 21 heavy (non-hydrogen) atoms. The minimum Gasteiger partial charge on any atom is -0.372 e. The molecule has 0 aromatic heterocycles. The van der Waals surface area contributed by atoms with Gasteiger partial charge in [0, 0.05) is 20.2 Å². The van der Waals surface area contributed by atoms with Gasteiger partial charge in [0.05, 0.1) is 0 Å². The molecule has 1 aliphatic heterocycles. The van der Waals surface area contributed by atoms with Crippen molar-refractivity contribution in [3.63, 3.8) is 0 Å². The first-order valence-corrected chi connectivity index (χ1v) is 7.45. The molecule has 2 fully saturated rings. The topological polar surface area (TPSA) is 87.7 Å². The molecule has 7 heteroatoms. The van der Waals surface area contributed by atoms with E-state index in [0.29, 0.717) is 19.5 Å². The summed E-state index contributed by atoms with van der Waals surface area (Å²) >= 11 is 0. The smallest absolute Gasteiger partial charge is 0.325 e. The maximum absolute atomic E-state index is 12.4. The number of hydrogen-bond acceptors (Lipinski definition) is 4. The lowest BCUT2D eigenvalue weighted by Gasteiger charge is -2.20. The molecule has 0 radical (unpaired) electrons. The molecular formula is C14H23N3O4. The summed E-state index contributed by atoms with van der Waals surface area (Å²) < 4.78 is 4.90. The van der Waals surface area contributed by atoms with E-state index < -0.39 is 11.6 Å². The normalized spacial score (nSPS) is 21.7. The number of hydrogen-bond donors (Lipinski definition) is 2. The molecule has 2 aliphatic rings. The quantitative estimate of drug-likeness (QED) is 0.548. The van der Waals surface area contributed by atoms with Crippen molar-refractivity contribution in [2.75, 3.05) is 20.2 Å². The third-order valence-corrected chi connectivity index (χ3v) is 4.28. The number of rotatable bonds is 6. The number of methoxy groups -OCH3 is 1. The summed E-state index contributed by atoms with van der Waals surface area (Å²) in [5.74, 6) is -0.302. The summed E-state index contributed by atoms with van der Waals surface area (Å²) in [6.07, 6.45) is 3.46. The molecule has 1 spiro atoms. The Labute approximate surface area is 124 Å². The van der Waals surface area contributed by atoms with Gasteiger partial charge in [0.15, 0.2) is 0 Å². The second-order valence-corrected chi connectivity index (χ2v) is 5.70. The highest BCUT2D eigenvalue weighted by Gasteiger charge is 2.51.